The van der Waals surface area contributed by atoms with E-state index >= 15 is 4.39 Å². The highest BCUT2D eigenvalue weighted by Crippen LogP contribution is 2.55. The number of alkyl halides is 3. The first-order valence-electron chi connectivity index (χ1n) is 12.0. The summed E-state index contributed by atoms with van der Waals surface area (Å²) < 4.78 is 80.2. The van der Waals surface area contributed by atoms with Gasteiger partial charge in [0, 0.05) is 49.6 Å². The number of carbonyl (C=O) groups excluding carboxylic acids is 1. The van der Waals surface area contributed by atoms with E-state index < -0.39 is 38.7 Å². The fraction of sp³-hybridized carbons (Fsp3) is 0.360. The molecule has 1 aromatic heterocycles. The van der Waals surface area contributed by atoms with Gasteiger partial charge in [-0.25, -0.2) is 14.2 Å². The number of anilines is 2. The molecule has 1 atom stereocenters. The Balaban J connectivity index is 1.42. The Bertz CT molecular complexity index is 1500. The van der Waals surface area contributed by atoms with Gasteiger partial charge in [-0.2, -0.15) is 21.6 Å². The molecule has 0 N–H and O–H groups in total. The summed E-state index contributed by atoms with van der Waals surface area (Å²) in [6.07, 6.45) is -3.55. The molecule has 2 aromatic carbocycles. The van der Waals surface area contributed by atoms with Gasteiger partial charge in [0.25, 0.3) is 10.0 Å². The summed E-state index contributed by atoms with van der Waals surface area (Å²) in [5.74, 6) is -4.75. The number of likely N-dealkylation sites (tertiary alicyclic amines) is 1. The zero-order chi connectivity index (χ0) is 28.9. The lowest BCUT2D eigenvalue weighted by atomic mass is 9.99. The third kappa shape index (κ3) is 5.49. The van der Waals surface area contributed by atoms with Crippen molar-refractivity contribution in [3.63, 3.8) is 0 Å². The van der Waals surface area contributed by atoms with Crippen molar-refractivity contribution < 1.29 is 35.6 Å². The number of halogens is 5. The molecule has 1 saturated heterocycles. The maximum absolute atomic E-state index is 15.4. The number of sulfonamides is 1. The molecule has 2 fully saturated rings. The summed E-state index contributed by atoms with van der Waals surface area (Å²) in [5, 5.41) is 0.888. The van der Waals surface area contributed by atoms with E-state index in [1.807, 2.05) is 35.2 Å². The third-order valence-corrected chi connectivity index (χ3v) is 9.61. The van der Waals surface area contributed by atoms with Gasteiger partial charge in [-0.05, 0) is 24.5 Å². The van der Waals surface area contributed by atoms with E-state index in [4.69, 9.17) is 11.6 Å². The van der Waals surface area contributed by atoms with Crippen LogP contribution in [0.1, 0.15) is 18.4 Å². The second kappa shape index (κ2) is 10.5. The molecular formula is C25H23ClF4N4O4S2. The summed E-state index contributed by atoms with van der Waals surface area (Å²) in [6, 6.07) is 11.7. The van der Waals surface area contributed by atoms with Crippen LogP contribution in [0, 0.1) is 11.2 Å². The summed E-state index contributed by atoms with van der Waals surface area (Å²) >= 11 is 7.29. The van der Waals surface area contributed by atoms with Crippen LogP contribution in [0.4, 0.5) is 29.1 Å². The van der Waals surface area contributed by atoms with Crippen molar-refractivity contribution in [2.45, 2.75) is 36.5 Å². The number of thiazole rings is 1. The largest absolute Gasteiger partial charge is 0.493 e. The molecule has 2 heterocycles. The number of likely N-dealkylation sites (N-methyl/N-ethyl adjacent to an activating group) is 1. The molecule has 1 aliphatic heterocycles. The fourth-order valence-corrected chi connectivity index (χ4v) is 7.29. The Morgan fingerprint density at radius 3 is 2.55 bits per heavy atom. The highest BCUT2D eigenvalue weighted by atomic mass is 35.5. The average Bonchev–Trinajstić information content (AvgIpc) is 3.30. The first kappa shape index (κ1) is 28.6. The van der Waals surface area contributed by atoms with Crippen LogP contribution in [-0.4, -0.2) is 56.6 Å². The molecule has 0 radical (unpaired) electrons. The first-order chi connectivity index (χ1) is 18.8. The van der Waals surface area contributed by atoms with Gasteiger partial charge in [0.15, 0.2) is 5.82 Å². The van der Waals surface area contributed by atoms with E-state index in [2.05, 4.69) is 14.7 Å². The SMILES string of the molecule is CN(c1cc(F)c(S(=O)(=O)N(OC(=O)C(F)(F)F)c2cscn2)cc1Cl)[C@@H]1CN(Cc2ccccc2)CC12CC2. The third-order valence-electron chi connectivity index (χ3n) is 7.17. The highest BCUT2D eigenvalue weighted by molar-refractivity contribution is 7.92. The molecular weight excluding hydrogens is 596 g/mol. The van der Waals surface area contributed by atoms with Crippen LogP contribution in [0.3, 0.4) is 0 Å². The lowest BCUT2D eigenvalue weighted by Crippen LogP contribution is -2.40. The molecule has 8 nitrogen and oxygen atoms in total. The van der Waals surface area contributed by atoms with Crippen LogP contribution in [0.5, 0.6) is 0 Å². The van der Waals surface area contributed by atoms with Gasteiger partial charge in [0.1, 0.15) is 10.7 Å². The van der Waals surface area contributed by atoms with Gasteiger partial charge < -0.3 is 9.74 Å². The quantitative estimate of drug-likeness (QED) is 0.252. The van der Waals surface area contributed by atoms with Crippen molar-refractivity contribution >= 4 is 50.4 Å². The molecule has 5 rings (SSSR count). The maximum Gasteiger partial charge on any atom is 0.493 e. The minimum Gasteiger partial charge on any atom is -0.368 e. The smallest absolute Gasteiger partial charge is 0.368 e. The molecule has 2 aliphatic rings. The van der Waals surface area contributed by atoms with E-state index in [-0.39, 0.29) is 26.6 Å². The van der Waals surface area contributed by atoms with Crippen LogP contribution in [0.15, 0.2) is 58.3 Å². The van der Waals surface area contributed by atoms with Crippen LogP contribution in [0.25, 0.3) is 0 Å². The van der Waals surface area contributed by atoms with Crippen molar-refractivity contribution in [2.75, 3.05) is 29.5 Å². The van der Waals surface area contributed by atoms with E-state index in [0.717, 1.165) is 65.9 Å². The maximum atomic E-state index is 15.4. The Hall–Kier alpha value is -2.94. The Labute approximate surface area is 236 Å². The number of carbonyl (C=O) groups is 1. The average molecular weight is 619 g/mol. The number of hydrogen-bond donors (Lipinski definition) is 0. The van der Waals surface area contributed by atoms with Crippen LogP contribution in [0.2, 0.25) is 5.02 Å². The molecule has 0 bridgehead atoms. The van der Waals surface area contributed by atoms with E-state index in [0.29, 0.717) is 6.54 Å². The van der Waals surface area contributed by atoms with E-state index in [1.165, 1.54) is 0 Å². The summed E-state index contributed by atoms with van der Waals surface area (Å²) in [7, 11) is -3.45. The lowest BCUT2D eigenvalue weighted by Gasteiger charge is -2.32. The van der Waals surface area contributed by atoms with Crippen LogP contribution in [-0.2, 0) is 26.2 Å². The molecule has 0 amide bonds. The van der Waals surface area contributed by atoms with Crippen LogP contribution >= 0.6 is 22.9 Å². The van der Waals surface area contributed by atoms with Crippen molar-refractivity contribution in [3.8, 4) is 0 Å². The predicted molar refractivity (Wildman–Crippen MR) is 141 cm³/mol. The summed E-state index contributed by atoms with van der Waals surface area (Å²) in [5.41, 5.74) is 2.48. The lowest BCUT2D eigenvalue weighted by molar-refractivity contribution is -0.199. The normalized spacial score (nSPS) is 18.6. The van der Waals surface area contributed by atoms with E-state index in [1.54, 1.807) is 7.05 Å². The van der Waals surface area contributed by atoms with Crippen LogP contribution < -0.4 is 9.37 Å². The summed E-state index contributed by atoms with van der Waals surface area (Å²) in [4.78, 5) is 22.3. The number of aromatic nitrogens is 1. The van der Waals surface area contributed by atoms with Gasteiger partial charge in [0.05, 0.1) is 16.2 Å². The van der Waals surface area contributed by atoms with Crippen molar-refractivity contribution in [2.24, 2.45) is 5.41 Å². The molecule has 1 saturated carbocycles. The molecule has 1 aliphatic carbocycles. The molecule has 3 aromatic rings. The Morgan fingerprint density at radius 2 is 1.95 bits per heavy atom. The second-order valence-electron chi connectivity index (χ2n) is 9.83. The number of rotatable bonds is 8. The molecule has 1 spiro atoms. The second-order valence-corrected chi connectivity index (χ2v) is 12.7. The van der Waals surface area contributed by atoms with E-state index in [9.17, 15) is 26.4 Å². The Kier molecular flexibility index (Phi) is 7.48. The zero-order valence-corrected chi connectivity index (χ0v) is 23.3. The summed E-state index contributed by atoms with van der Waals surface area (Å²) in [6.45, 7) is 2.26. The molecule has 15 heteroatoms. The standard InChI is InChI=1S/C25H23ClF4N4O4S2/c1-32(21-12-33(14-24(21)7-8-24)11-16-5-3-2-4-6-16)19-10-18(27)20(9-17(19)26)40(36,37)34(22-13-39-15-31-22)38-23(35)25(28,29)30/h2-6,9-10,13,15,21H,7-8,11-12,14H2,1H3/t21-/m1/s1. The van der Waals surface area contributed by atoms with Crippen molar-refractivity contribution in [1.29, 1.82) is 0 Å². The van der Waals surface area contributed by atoms with Gasteiger partial charge in [-0.3, -0.25) is 4.90 Å². The number of hydrogen-bond acceptors (Lipinski definition) is 8. The first-order valence-corrected chi connectivity index (χ1v) is 14.8. The highest BCUT2D eigenvalue weighted by Gasteiger charge is 2.56. The Morgan fingerprint density at radius 1 is 1.25 bits per heavy atom. The van der Waals surface area contributed by atoms with Crippen molar-refractivity contribution in [3.05, 3.63) is 69.8 Å². The predicted octanol–water partition coefficient (Wildman–Crippen LogP) is 5.25. The zero-order valence-electron chi connectivity index (χ0n) is 20.9. The van der Waals surface area contributed by atoms with Gasteiger partial charge in [0.2, 0.25) is 0 Å². The number of benzene rings is 2. The minimum absolute atomic E-state index is 0.0126. The van der Waals surface area contributed by atoms with Crippen molar-refractivity contribution in [1.82, 2.24) is 9.88 Å². The van der Waals surface area contributed by atoms with Gasteiger partial charge >= 0.3 is 12.1 Å². The minimum atomic E-state index is -5.51. The molecule has 0 unspecified atom stereocenters. The number of nitrogens with zero attached hydrogens (tertiary/aromatic N) is 4. The monoisotopic (exact) mass is 618 g/mol. The fourth-order valence-electron chi connectivity index (χ4n) is 5.09. The topological polar surface area (TPSA) is 83.1 Å². The molecule has 40 heavy (non-hydrogen) atoms. The molecule has 214 valence electrons. The van der Waals surface area contributed by atoms with Gasteiger partial charge in [-0.1, -0.05) is 46.4 Å². The van der Waals surface area contributed by atoms with Gasteiger partial charge in [-0.15, -0.1) is 11.3 Å².